The molecule has 8 nitrogen and oxygen atoms in total. The van der Waals surface area contributed by atoms with Crippen molar-refractivity contribution < 1.29 is 9.18 Å². The summed E-state index contributed by atoms with van der Waals surface area (Å²) in [6.07, 6.45) is 3.72. The van der Waals surface area contributed by atoms with E-state index in [1.807, 2.05) is 19.1 Å². The lowest BCUT2D eigenvalue weighted by atomic mass is 9.91. The number of carbonyl (C=O) groups excluding carboxylic acids is 1. The molecule has 5 rings (SSSR count). The molecule has 0 fully saturated rings. The molecule has 3 aromatic heterocycles. The summed E-state index contributed by atoms with van der Waals surface area (Å²) in [7, 11) is 0. The van der Waals surface area contributed by atoms with Crippen LogP contribution >= 0.6 is 23.2 Å². The number of nitrogens with zero attached hydrogens (tertiary/aromatic N) is 5. The summed E-state index contributed by atoms with van der Waals surface area (Å²) in [5.74, 6) is 0.339. The van der Waals surface area contributed by atoms with Crippen molar-refractivity contribution >= 4 is 40.1 Å². The average molecular weight is 538 g/mol. The first kappa shape index (κ1) is 24.9. The highest BCUT2D eigenvalue weighted by atomic mass is 35.5. The summed E-state index contributed by atoms with van der Waals surface area (Å²) in [6.45, 7) is 3.91. The summed E-state index contributed by atoms with van der Waals surface area (Å²) in [6, 6.07) is 11.5. The first-order chi connectivity index (χ1) is 17.8. The van der Waals surface area contributed by atoms with Gasteiger partial charge < -0.3 is 10.3 Å². The van der Waals surface area contributed by atoms with Crippen LogP contribution in [-0.2, 0) is 0 Å². The molecule has 1 amide bonds. The van der Waals surface area contributed by atoms with Crippen LogP contribution in [0.3, 0.4) is 0 Å². The Balaban J connectivity index is 1.36. The lowest BCUT2D eigenvalue weighted by molar-refractivity contribution is 0.0953. The maximum absolute atomic E-state index is 14.1. The van der Waals surface area contributed by atoms with E-state index >= 15 is 0 Å². The minimum absolute atomic E-state index is 0.165. The largest absolute Gasteiger partial charge is 0.352 e. The zero-order valence-corrected chi connectivity index (χ0v) is 21.5. The molecule has 0 aliphatic heterocycles. The number of aromatic amines is 1. The number of rotatable bonds is 7. The molecule has 0 saturated heterocycles. The molecule has 37 heavy (non-hydrogen) atoms. The topological polar surface area (TPSA) is 101 Å². The molecule has 1 atom stereocenters. The second-order valence-electron chi connectivity index (χ2n) is 8.62. The number of amides is 1. The minimum atomic E-state index is -0.416. The zero-order valence-electron chi connectivity index (χ0n) is 20.0. The first-order valence-corrected chi connectivity index (χ1v) is 12.3. The molecular formula is C26H22Cl2FN7O. The predicted molar refractivity (Wildman–Crippen MR) is 140 cm³/mol. The summed E-state index contributed by atoms with van der Waals surface area (Å²) in [4.78, 5) is 29.3. The second-order valence-corrected chi connectivity index (χ2v) is 9.44. The van der Waals surface area contributed by atoms with Crippen molar-refractivity contribution in [3.8, 4) is 5.69 Å². The van der Waals surface area contributed by atoms with Gasteiger partial charge in [0.2, 0.25) is 0 Å². The number of aryl methyl sites for hydroxylation is 2. The molecular weight excluding hydrogens is 516 g/mol. The number of benzene rings is 2. The van der Waals surface area contributed by atoms with Crippen LogP contribution in [0.4, 0.5) is 4.39 Å². The molecule has 0 bridgehead atoms. The van der Waals surface area contributed by atoms with Crippen molar-refractivity contribution in [3.05, 3.63) is 99.3 Å². The number of carbonyl (C=O) groups is 1. The molecule has 188 valence electrons. The van der Waals surface area contributed by atoms with E-state index < -0.39 is 5.91 Å². The Hall–Kier alpha value is -3.82. The van der Waals surface area contributed by atoms with Gasteiger partial charge in [-0.25, -0.2) is 19.0 Å². The lowest BCUT2D eigenvalue weighted by Gasteiger charge is -2.18. The zero-order chi connectivity index (χ0) is 26.1. The van der Waals surface area contributed by atoms with Crippen molar-refractivity contribution in [1.29, 1.82) is 0 Å². The minimum Gasteiger partial charge on any atom is -0.352 e. The molecule has 2 aromatic carbocycles. The quantitative estimate of drug-likeness (QED) is 0.283. The highest BCUT2D eigenvalue weighted by Gasteiger charge is 2.21. The number of hydrogen-bond donors (Lipinski definition) is 2. The van der Waals surface area contributed by atoms with Crippen molar-refractivity contribution in [2.45, 2.75) is 26.2 Å². The standard InChI is InChI=1S/C26H22Cl2FN7O/c1-14-32-13-36(35-14)18-9-20(27)25(21(28)10-18)26(37)30-7-6-19(16-4-3-5-17(29)8-16)22-11-23-24(12-31-22)34-15(2)33-23/h3-5,8-13,19H,6-7H2,1-2H3,(H,30,37)(H,33,34). The van der Waals surface area contributed by atoms with E-state index in [-0.39, 0.29) is 33.9 Å². The molecule has 0 aliphatic rings. The number of fused-ring (bicyclic) bond motifs is 1. The fraction of sp³-hybridized carbons (Fsp3) is 0.192. The molecule has 2 N–H and O–H groups in total. The predicted octanol–water partition coefficient (Wildman–Crippen LogP) is 5.55. The van der Waals surface area contributed by atoms with Crippen LogP contribution in [0, 0.1) is 19.7 Å². The normalized spacial score (nSPS) is 12.1. The van der Waals surface area contributed by atoms with Gasteiger partial charge in [-0.1, -0.05) is 35.3 Å². The molecule has 0 saturated carbocycles. The van der Waals surface area contributed by atoms with Gasteiger partial charge in [0.05, 0.1) is 44.2 Å². The Morgan fingerprint density at radius 1 is 1.14 bits per heavy atom. The van der Waals surface area contributed by atoms with Gasteiger partial charge >= 0.3 is 0 Å². The van der Waals surface area contributed by atoms with Crippen LogP contribution in [0.1, 0.15) is 45.6 Å². The molecule has 0 spiro atoms. The Bertz CT molecular complexity index is 1590. The van der Waals surface area contributed by atoms with Gasteiger partial charge in [0.25, 0.3) is 5.91 Å². The van der Waals surface area contributed by atoms with E-state index in [9.17, 15) is 9.18 Å². The van der Waals surface area contributed by atoms with E-state index in [2.05, 4.69) is 30.4 Å². The van der Waals surface area contributed by atoms with Gasteiger partial charge in [0, 0.05) is 12.5 Å². The maximum Gasteiger partial charge on any atom is 0.254 e. The van der Waals surface area contributed by atoms with Gasteiger partial charge in [-0.05, 0) is 56.2 Å². The molecule has 0 aliphatic carbocycles. The monoisotopic (exact) mass is 537 g/mol. The van der Waals surface area contributed by atoms with Gasteiger partial charge in [0.1, 0.15) is 23.8 Å². The number of imidazole rings is 1. The highest BCUT2D eigenvalue weighted by molar-refractivity contribution is 6.40. The van der Waals surface area contributed by atoms with Crippen molar-refractivity contribution in [2.75, 3.05) is 6.54 Å². The van der Waals surface area contributed by atoms with Gasteiger partial charge in [-0.15, -0.1) is 0 Å². The molecule has 3 heterocycles. The van der Waals surface area contributed by atoms with E-state index in [1.165, 1.54) is 16.8 Å². The first-order valence-electron chi connectivity index (χ1n) is 11.5. The van der Waals surface area contributed by atoms with E-state index in [4.69, 9.17) is 23.2 Å². The highest BCUT2D eigenvalue weighted by Crippen LogP contribution is 2.30. The number of nitrogens with one attached hydrogen (secondary N) is 2. The Morgan fingerprint density at radius 2 is 1.92 bits per heavy atom. The summed E-state index contributed by atoms with van der Waals surface area (Å²) >= 11 is 12.9. The molecule has 5 aromatic rings. The number of H-pyrrole nitrogens is 1. The fourth-order valence-corrected chi connectivity index (χ4v) is 4.90. The van der Waals surface area contributed by atoms with Crippen LogP contribution in [-0.4, -0.2) is 42.2 Å². The average Bonchev–Trinajstić information content (AvgIpc) is 3.45. The summed E-state index contributed by atoms with van der Waals surface area (Å²) in [5.41, 5.74) is 3.82. The number of halogens is 3. The van der Waals surface area contributed by atoms with Crippen LogP contribution < -0.4 is 5.32 Å². The SMILES string of the molecule is Cc1ncn(-c2cc(Cl)c(C(=O)NCCC(c3cccc(F)c3)c3cc4nc(C)[nH]c4cn3)c(Cl)c2)n1. The lowest BCUT2D eigenvalue weighted by Crippen LogP contribution is -2.26. The van der Waals surface area contributed by atoms with E-state index in [1.54, 1.807) is 37.6 Å². The van der Waals surface area contributed by atoms with Crippen molar-refractivity contribution in [3.63, 3.8) is 0 Å². The van der Waals surface area contributed by atoms with Crippen molar-refractivity contribution in [2.24, 2.45) is 0 Å². The summed E-state index contributed by atoms with van der Waals surface area (Å²) < 4.78 is 15.6. The molecule has 11 heteroatoms. The number of pyridine rings is 1. The van der Waals surface area contributed by atoms with Gasteiger partial charge in [0.15, 0.2) is 0 Å². The number of aromatic nitrogens is 6. The fourth-order valence-electron chi connectivity index (χ4n) is 4.25. The Labute approximate surface area is 221 Å². The third-order valence-electron chi connectivity index (χ3n) is 5.96. The number of hydrogen-bond acceptors (Lipinski definition) is 5. The second kappa shape index (κ2) is 10.3. The van der Waals surface area contributed by atoms with Crippen LogP contribution in [0.15, 0.2) is 55.0 Å². The van der Waals surface area contributed by atoms with Gasteiger partial charge in [-0.2, -0.15) is 5.10 Å². The van der Waals surface area contributed by atoms with Crippen LogP contribution in [0.25, 0.3) is 16.7 Å². The molecule has 1 unspecified atom stereocenters. The maximum atomic E-state index is 14.1. The Kier molecular flexibility index (Phi) is 6.90. The van der Waals surface area contributed by atoms with Crippen LogP contribution in [0.2, 0.25) is 10.0 Å². The van der Waals surface area contributed by atoms with E-state index in [0.717, 1.165) is 28.1 Å². The van der Waals surface area contributed by atoms with Crippen LogP contribution in [0.5, 0.6) is 0 Å². The van der Waals surface area contributed by atoms with Crippen molar-refractivity contribution in [1.82, 2.24) is 35.0 Å². The van der Waals surface area contributed by atoms with E-state index in [0.29, 0.717) is 17.9 Å². The Morgan fingerprint density at radius 3 is 2.62 bits per heavy atom. The van der Waals surface area contributed by atoms with Gasteiger partial charge in [-0.3, -0.25) is 9.78 Å². The summed E-state index contributed by atoms with van der Waals surface area (Å²) in [5, 5.41) is 7.50. The molecule has 0 radical (unpaired) electrons. The third kappa shape index (κ3) is 5.33. The third-order valence-corrected chi connectivity index (χ3v) is 6.55. The smallest absolute Gasteiger partial charge is 0.254 e.